The van der Waals surface area contributed by atoms with Gasteiger partial charge in [0.1, 0.15) is 5.75 Å². The lowest BCUT2D eigenvalue weighted by Crippen LogP contribution is -2.36. The van der Waals surface area contributed by atoms with E-state index in [1.54, 1.807) is 30.5 Å². The zero-order chi connectivity index (χ0) is 39.1. The quantitative estimate of drug-likeness (QED) is 0.274. The molecule has 0 unspecified atom stereocenters. The maximum Gasteiger partial charge on any atom is 0.247 e. The molecule has 11 heteroatoms. The van der Waals surface area contributed by atoms with Gasteiger partial charge in [-0.05, 0) is 26.1 Å². The first kappa shape index (κ1) is 16.5. The number of carbonyl (C=O) groups is 1. The van der Waals surface area contributed by atoms with Gasteiger partial charge in [-0.2, -0.15) is 10.1 Å². The summed E-state index contributed by atoms with van der Waals surface area (Å²) in [6.07, 6.45) is 3.88. The summed E-state index contributed by atoms with van der Waals surface area (Å²) < 4.78 is 109. The Balaban J connectivity index is 1.59. The first-order valence-electron chi connectivity index (χ1n) is 18.4. The van der Waals surface area contributed by atoms with E-state index in [0.717, 1.165) is 17.0 Å². The largest absolute Gasteiger partial charge is 0.494 e. The van der Waals surface area contributed by atoms with Crippen LogP contribution >= 0.6 is 0 Å². The Morgan fingerprint density at radius 1 is 1.22 bits per heavy atom. The zero-order valence-electron chi connectivity index (χ0n) is 33.8. The number of hydrogen-bond acceptors (Lipinski definition) is 9. The standard InChI is InChI=1S/C30H34N8O3/c1-5-28(39)32-23-17-24(26(40-4)18-25(23)37-13-15-41-16-14-37)33-30-31-12-11-27(34-30)38-20-22(19-36(2)3)29(35-38)21-9-7-6-8-10-21/h5-12,17-18,20H,1,13-16,19H2,2-4H3,(H,32,39)(H,31,33,34)/i2D2,3D2,13D2,14D2,15D2,16D2. The maximum atomic E-state index is 12.6. The molecule has 0 bridgehead atoms. The normalized spacial score (nSPS) is 22.6. The Bertz CT molecular complexity index is 1950. The van der Waals surface area contributed by atoms with Gasteiger partial charge >= 0.3 is 0 Å². The summed E-state index contributed by atoms with van der Waals surface area (Å²) in [5.74, 6) is -0.728. The number of ether oxygens (including phenoxy) is 2. The Morgan fingerprint density at radius 2 is 2.02 bits per heavy atom. The molecule has 212 valence electrons. The molecule has 4 aromatic rings. The van der Waals surface area contributed by atoms with Crippen molar-refractivity contribution in [1.82, 2.24) is 24.6 Å². The van der Waals surface area contributed by atoms with Crippen LogP contribution in [-0.2, 0) is 16.1 Å². The molecule has 11 nitrogen and oxygen atoms in total. The van der Waals surface area contributed by atoms with Gasteiger partial charge in [-0.3, -0.25) is 4.79 Å². The van der Waals surface area contributed by atoms with Gasteiger partial charge in [0.2, 0.25) is 11.9 Å². The van der Waals surface area contributed by atoms with Crippen molar-refractivity contribution in [2.45, 2.75) is 6.54 Å². The highest BCUT2D eigenvalue weighted by Gasteiger charge is 2.20. The van der Waals surface area contributed by atoms with Gasteiger partial charge in [-0.1, -0.05) is 36.9 Å². The van der Waals surface area contributed by atoms with E-state index in [0.29, 0.717) is 16.8 Å². The van der Waals surface area contributed by atoms with Gasteiger partial charge in [0.15, 0.2) is 5.82 Å². The number of methoxy groups -OCH3 is 1. The van der Waals surface area contributed by atoms with Crippen molar-refractivity contribution in [3.05, 3.63) is 79.1 Å². The highest BCUT2D eigenvalue weighted by molar-refractivity contribution is 6.02. The van der Waals surface area contributed by atoms with Crippen LogP contribution in [0.4, 0.5) is 23.0 Å². The first-order chi connectivity index (χ1) is 24.7. The Labute approximate surface area is 256 Å². The van der Waals surface area contributed by atoms with Crippen LogP contribution in [0.2, 0.25) is 0 Å². The highest BCUT2D eigenvalue weighted by atomic mass is 16.5. The van der Waals surface area contributed by atoms with Crippen LogP contribution in [0, 0.1) is 0 Å². The van der Waals surface area contributed by atoms with Crippen LogP contribution in [0.15, 0.2) is 73.6 Å². The summed E-state index contributed by atoms with van der Waals surface area (Å²) in [5, 5.41) is 10.0. The lowest BCUT2D eigenvalue weighted by Gasteiger charge is -2.31. The summed E-state index contributed by atoms with van der Waals surface area (Å²) in [5.41, 5.74) is 0.925. The number of hydrogen-bond donors (Lipinski definition) is 2. The van der Waals surface area contributed by atoms with Crippen LogP contribution < -0.4 is 20.3 Å². The van der Waals surface area contributed by atoms with E-state index < -0.39 is 51.7 Å². The van der Waals surface area contributed by atoms with E-state index in [2.05, 4.69) is 37.0 Å². The molecule has 0 radical (unpaired) electrons. The van der Waals surface area contributed by atoms with Gasteiger partial charge in [0.25, 0.3) is 0 Å². The van der Waals surface area contributed by atoms with E-state index in [-0.39, 0.29) is 40.3 Å². The summed E-state index contributed by atoms with van der Waals surface area (Å²) in [6, 6.07) is 12.9. The van der Waals surface area contributed by atoms with E-state index in [1.807, 2.05) is 6.07 Å². The summed E-state index contributed by atoms with van der Waals surface area (Å²) in [6.45, 7) is -13.3. The number of nitrogens with zero attached hydrogens (tertiary/aromatic N) is 6. The fourth-order valence-corrected chi connectivity index (χ4v) is 3.95. The topological polar surface area (TPSA) is 110 Å². The molecule has 1 aliphatic rings. The zero-order valence-corrected chi connectivity index (χ0v) is 21.8. The minimum absolute atomic E-state index is 0.0473. The fraction of sp³-hybridized carbons (Fsp3) is 0.267. The third kappa shape index (κ3) is 6.53. The fourth-order valence-electron chi connectivity index (χ4n) is 3.95. The minimum atomic E-state index is -3.38. The van der Waals surface area contributed by atoms with Crippen LogP contribution in [-0.4, -0.2) is 77.8 Å². The van der Waals surface area contributed by atoms with Gasteiger partial charge in [0.05, 0.1) is 53.9 Å². The van der Waals surface area contributed by atoms with E-state index >= 15 is 0 Å². The van der Waals surface area contributed by atoms with Gasteiger partial charge in [-0.25, -0.2) is 9.67 Å². The Hall–Kier alpha value is -4.74. The molecule has 0 atom stereocenters. The van der Waals surface area contributed by atoms with Crippen LogP contribution in [0.5, 0.6) is 5.75 Å². The average Bonchev–Trinajstić information content (AvgIpc) is 3.51. The molecule has 41 heavy (non-hydrogen) atoms. The van der Waals surface area contributed by atoms with Crippen molar-refractivity contribution in [3.63, 3.8) is 0 Å². The van der Waals surface area contributed by atoms with Crippen LogP contribution in [0.1, 0.15) is 22.0 Å². The number of aromatic nitrogens is 4. The molecule has 1 amide bonds. The molecule has 0 aliphatic carbocycles. The molecular formula is C30H34N8O3. The lowest BCUT2D eigenvalue weighted by atomic mass is 10.1. The van der Waals surface area contributed by atoms with Crippen molar-refractivity contribution in [2.75, 3.05) is 62.8 Å². The third-order valence-corrected chi connectivity index (χ3v) is 5.73. The van der Waals surface area contributed by atoms with Gasteiger partial charge in [0, 0.05) is 60.7 Å². The number of nitrogens with one attached hydrogen (secondary N) is 2. The molecule has 1 aliphatic heterocycles. The van der Waals surface area contributed by atoms with Crippen molar-refractivity contribution in [3.8, 4) is 22.8 Å². The van der Waals surface area contributed by atoms with Crippen molar-refractivity contribution in [2.24, 2.45) is 0 Å². The van der Waals surface area contributed by atoms with Crippen molar-refractivity contribution < 1.29 is 30.7 Å². The Kier molecular flexibility index (Phi) is 5.08. The number of morpholine rings is 1. The van der Waals surface area contributed by atoms with E-state index in [1.165, 1.54) is 30.1 Å². The van der Waals surface area contributed by atoms with E-state index in [9.17, 15) is 4.79 Å². The van der Waals surface area contributed by atoms with E-state index in [4.69, 9.17) is 21.2 Å². The highest BCUT2D eigenvalue weighted by Crippen LogP contribution is 2.38. The molecule has 1 fully saturated rings. The number of carbonyl (C=O) groups excluding carboxylic acids is 1. The molecule has 0 saturated carbocycles. The number of anilines is 4. The average molecular weight is 567 g/mol. The predicted molar refractivity (Wildman–Crippen MR) is 160 cm³/mol. The molecule has 0 spiro atoms. The number of amides is 1. The first-order valence-corrected chi connectivity index (χ1v) is 12.1. The van der Waals surface area contributed by atoms with Gasteiger partial charge < -0.3 is 29.9 Å². The molecule has 1 saturated heterocycles. The smallest absolute Gasteiger partial charge is 0.247 e. The summed E-state index contributed by atoms with van der Waals surface area (Å²) >= 11 is 0. The molecule has 2 N–H and O–H groups in total. The second-order valence-corrected chi connectivity index (χ2v) is 8.48. The summed E-state index contributed by atoms with van der Waals surface area (Å²) in [4.78, 5) is 22.6. The second-order valence-electron chi connectivity index (χ2n) is 8.48. The van der Waals surface area contributed by atoms with Crippen LogP contribution in [0.25, 0.3) is 17.1 Å². The lowest BCUT2D eigenvalue weighted by molar-refractivity contribution is -0.111. The van der Waals surface area contributed by atoms with Crippen molar-refractivity contribution in [1.29, 1.82) is 0 Å². The maximum absolute atomic E-state index is 12.6. The molecule has 3 heterocycles. The van der Waals surface area contributed by atoms with Crippen LogP contribution in [0.3, 0.4) is 0 Å². The number of benzene rings is 2. The Morgan fingerprint density at radius 3 is 2.76 bits per heavy atom. The minimum Gasteiger partial charge on any atom is -0.494 e. The van der Waals surface area contributed by atoms with Gasteiger partial charge in [-0.15, -0.1) is 0 Å². The molecule has 2 aromatic heterocycles. The monoisotopic (exact) mass is 566 g/mol. The third-order valence-electron chi connectivity index (χ3n) is 5.73. The second kappa shape index (κ2) is 12.6. The molecular weight excluding hydrogens is 520 g/mol. The summed E-state index contributed by atoms with van der Waals surface area (Å²) in [7, 11) is 1.24. The predicted octanol–water partition coefficient (Wildman–Crippen LogP) is 4.10. The number of rotatable bonds is 10. The SMILES string of the molecule is [2H]C([2H])N(Cc1cn(-c2ccnc(Nc3cc(NC(=O)C=C)c(N4C([2H])([2H])C([2H])([2H])OC([2H])([2H])C4([2H])[2H])cc3OC)n2)nc1-c1ccccc1)C([2H])[2H]. The molecule has 5 rings (SSSR count). The van der Waals surface area contributed by atoms with Crippen molar-refractivity contribution >= 4 is 28.9 Å². The molecule has 2 aromatic carbocycles.